The van der Waals surface area contributed by atoms with E-state index in [2.05, 4.69) is 10.2 Å². The van der Waals surface area contributed by atoms with Crippen LogP contribution in [0.2, 0.25) is 0 Å². The summed E-state index contributed by atoms with van der Waals surface area (Å²) in [7, 11) is 3.84. The summed E-state index contributed by atoms with van der Waals surface area (Å²) < 4.78 is 0. The lowest BCUT2D eigenvalue weighted by Gasteiger charge is -2.15. The van der Waals surface area contributed by atoms with Crippen LogP contribution in [0.15, 0.2) is 11.4 Å². The highest BCUT2D eigenvalue weighted by Crippen LogP contribution is 2.18. The van der Waals surface area contributed by atoms with Gasteiger partial charge in [0.2, 0.25) is 0 Å². The molecule has 0 unspecified atom stereocenters. The van der Waals surface area contributed by atoms with Crippen molar-refractivity contribution in [2.45, 2.75) is 13.3 Å². The van der Waals surface area contributed by atoms with Crippen LogP contribution in [0.5, 0.6) is 0 Å². The SMILES string of the molecule is CNC1=C(C(C)=O)CCN1C. The first-order valence-electron chi connectivity index (χ1n) is 3.79. The molecule has 0 radical (unpaired) electrons. The van der Waals surface area contributed by atoms with Gasteiger partial charge in [0.25, 0.3) is 0 Å². The number of nitrogens with zero attached hydrogens (tertiary/aromatic N) is 1. The van der Waals surface area contributed by atoms with Gasteiger partial charge in [-0.3, -0.25) is 4.79 Å². The summed E-state index contributed by atoms with van der Waals surface area (Å²) in [6.07, 6.45) is 0.877. The maximum Gasteiger partial charge on any atom is 0.159 e. The molecule has 0 aromatic carbocycles. The summed E-state index contributed by atoms with van der Waals surface area (Å²) in [5.41, 5.74) is 0.926. The Balaban J connectivity index is 2.88. The predicted molar refractivity (Wildman–Crippen MR) is 44.0 cm³/mol. The number of hydrogen-bond donors (Lipinski definition) is 1. The van der Waals surface area contributed by atoms with Crippen LogP contribution >= 0.6 is 0 Å². The highest BCUT2D eigenvalue weighted by Gasteiger charge is 2.20. The third kappa shape index (κ3) is 1.37. The Kier molecular flexibility index (Phi) is 2.17. The summed E-state index contributed by atoms with van der Waals surface area (Å²) in [5, 5.41) is 3.03. The van der Waals surface area contributed by atoms with Crippen LogP contribution in [0.4, 0.5) is 0 Å². The normalized spacial score (nSPS) is 17.5. The zero-order valence-electron chi connectivity index (χ0n) is 7.27. The second kappa shape index (κ2) is 2.95. The molecule has 62 valence electrons. The van der Waals surface area contributed by atoms with Gasteiger partial charge in [-0.25, -0.2) is 0 Å². The molecule has 0 saturated heterocycles. The molecule has 3 nitrogen and oxygen atoms in total. The Labute approximate surface area is 67.1 Å². The van der Waals surface area contributed by atoms with E-state index in [4.69, 9.17) is 0 Å². The lowest BCUT2D eigenvalue weighted by molar-refractivity contribution is -0.113. The van der Waals surface area contributed by atoms with Crippen LogP contribution in [0.1, 0.15) is 13.3 Å². The lowest BCUT2D eigenvalue weighted by atomic mass is 10.1. The molecule has 0 spiro atoms. The fraction of sp³-hybridized carbons (Fsp3) is 0.625. The number of hydrogen-bond acceptors (Lipinski definition) is 3. The van der Waals surface area contributed by atoms with Gasteiger partial charge in [0, 0.05) is 26.2 Å². The first kappa shape index (κ1) is 8.11. The van der Waals surface area contributed by atoms with Crippen LogP contribution < -0.4 is 5.32 Å². The molecule has 3 heteroatoms. The monoisotopic (exact) mass is 154 g/mol. The van der Waals surface area contributed by atoms with Gasteiger partial charge in [0.05, 0.1) is 0 Å². The third-order valence-corrected chi connectivity index (χ3v) is 2.03. The number of rotatable bonds is 2. The fourth-order valence-corrected chi connectivity index (χ4v) is 1.42. The number of ketones is 1. The van der Waals surface area contributed by atoms with Crippen molar-refractivity contribution in [1.29, 1.82) is 0 Å². The summed E-state index contributed by atoms with van der Waals surface area (Å²) in [6, 6.07) is 0. The molecule has 0 saturated carbocycles. The molecule has 0 amide bonds. The second-order valence-corrected chi connectivity index (χ2v) is 2.80. The van der Waals surface area contributed by atoms with Gasteiger partial charge in [-0.1, -0.05) is 0 Å². The van der Waals surface area contributed by atoms with E-state index in [0.29, 0.717) is 0 Å². The zero-order valence-corrected chi connectivity index (χ0v) is 7.27. The summed E-state index contributed by atoms with van der Waals surface area (Å²) >= 11 is 0. The molecule has 0 fully saturated rings. The van der Waals surface area contributed by atoms with Gasteiger partial charge < -0.3 is 10.2 Å². The molecular weight excluding hydrogens is 140 g/mol. The van der Waals surface area contributed by atoms with Crippen molar-refractivity contribution in [3.8, 4) is 0 Å². The minimum atomic E-state index is 0.179. The Bertz CT molecular complexity index is 208. The van der Waals surface area contributed by atoms with E-state index in [1.54, 1.807) is 6.92 Å². The molecule has 1 aliphatic heterocycles. The first-order valence-corrected chi connectivity index (χ1v) is 3.79. The predicted octanol–water partition coefficient (Wildman–Crippen LogP) is 0.342. The average Bonchev–Trinajstić information content (AvgIpc) is 2.30. The zero-order chi connectivity index (χ0) is 8.43. The van der Waals surface area contributed by atoms with Crippen molar-refractivity contribution in [2.24, 2.45) is 0 Å². The van der Waals surface area contributed by atoms with Gasteiger partial charge in [-0.2, -0.15) is 0 Å². The molecule has 1 rings (SSSR count). The Morgan fingerprint density at radius 1 is 1.64 bits per heavy atom. The van der Waals surface area contributed by atoms with E-state index in [1.165, 1.54) is 0 Å². The molecule has 1 heterocycles. The van der Waals surface area contributed by atoms with E-state index in [0.717, 1.165) is 24.4 Å². The topological polar surface area (TPSA) is 32.3 Å². The van der Waals surface area contributed by atoms with Crippen molar-refractivity contribution in [3.05, 3.63) is 11.4 Å². The van der Waals surface area contributed by atoms with Crippen LogP contribution in [-0.4, -0.2) is 31.3 Å². The lowest BCUT2D eigenvalue weighted by Crippen LogP contribution is -2.23. The number of Topliss-reactive ketones (excluding diaryl/α,β-unsaturated/α-hetero) is 1. The van der Waals surface area contributed by atoms with E-state index < -0.39 is 0 Å². The Morgan fingerprint density at radius 2 is 2.27 bits per heavy atom. The standard InChI is InChI=1S/C8H14N2O/c1-6(11)7-4-5-10(3)8(7)9-2/h9H,4-5H2,1-3H3. The van der Waals surface area contributed by atoms with E-state index >= 15 is 0 Å². The minimum absolute atomic E-state index is 0.179. The number of carbonyl (C=O) groups is 1. The maximum absolute atomic E-state index is 11.0. The second-order valence-electron chi connectivity index (χ2n) is 2.80. The number of nitrogens with one attached hydrogen (secondary N) is 1. The van der Waals surface area contributed by atoms with Crippen molar-refractivity contribution >= 4 is 5.78 Å². The number of carbonyl (C=O) groups excluding carboxylic acids is 1. The summed E-state index contributed by atoms with van der Waals surface area (Å²) in [6.45, 7) is 2.57. The molecule has 0 atom stereocenters. The van der Waals surface area contributed by atoms with E-state index in [1.807, 2.05) is 14.1 Å². The third-order valence-electron chi connectivity index (χ3n) is 2.03. The minimum Gasteiger partial charge on any atom is -0.374 e. The smallest absolute Gasteiger partial charge is 0.159 e. The highest BCUT2D eigenvalue weighted by molar-refractivity contribution is 5.94. The molecule has 1 N–H and O–H groups in total. The van der Waals surface area contributed by atoms with Crippen molar-refractivity contribution in [2.75, 3.05) is 20.6 Å². The van der Waals surface area contributed by atoms with E-state index in [9.17, 15) is 4.79 Å². The molecule has 11 heavy (non-hydrogen) atoms. The van der Waals surface area contributed by atoms with Gasteiger partial charge in [0.1, 0.15) is 5.82 Å². The Morgan fingerprint density at radius 3 is 2.64 bits per heavy atom. The summed E-state index contributed by atoms with van der Waals surface area (Å²) in [4.78, 5) is 13.1. The van der Waals surface area contributed by atoms with Gasteiger partial charge in [-0.05, 0) is 13.3 Å². The van der Waals surface area contributed by atoms with Crippen LogP contribution in [-0.2, 0) is 4.79 Å². The molecule has 0 aromatic heterocycles. The van der Waals surface area contributed by atoms with Crippen molar-refractivity contribution in [1.82, 2.24) is 10.2 Å². The largest absolute Gasteiger partial charge is 0.374 e. The van der Waals surface area contributed by atoms with Crippen molar-refractivity contribution in [3.63, 3.8) is 0 Å². The highest BCUT2D eigenvalue weighted by atomic mass is 16.1. The van der Waals surface area contributed by atoms with Gasteiger partial charge >= 0.3 is 0 Å². The maximum atomic E-state index is 11.0. The Hall–Kier alpha value is -0.990. The fourth-order valence-electron chi connectivity index (χ4n) is 1.42. The van der Waals surface area contributed by atoms with Gasteiger partial charge in [-0.15, -0.1) is 0 Å². The first-order chi connectivity index (χ1) is 5.16. The van der Waals surface area contributed by atoms with E-state index in [-0.39, 0.29) is 5.78 Å². The molecule has 1 aliphatic rings. The van der Waals surface area contributed by atoms with Crippen LogP contribution in [0.3, 0.4) is 0 Å². The van der Waals surface area contributed by atoms with Crippen LogP contribution in [0.25, 0.3) is 0 Å². The summed E-state index contributed by atoms with van der Waals surface area (Å²) in [5.74, 6) is 1.16. The molecule has 0 bridgehead atoms. The van der Waals surface area contributed by atoms with Crippen LogP contribution in [0, 0.1) is 0 Å². The average molecular weight is 154 g/mol. The quantitative estimate of drug-likeness (QED) is 0.622. The van der Waals surface area contributed by atoms with Crippen molar-refractivity contribution < 1.29 is 4.79 Å². The molecule has 0 aliphatic carbocycles. The molecule has 0 aromatic rings. The molecular formula is C8H14N2O. The van der Waals surface area contributed by atoms with Gasteiger partial charge in [0.15, 0.2) is 5.78 Å².